The molecule has 2 heterocycles. The Morgan fingerprint density at radius 1 is 1.32 bits per heavy atom. The van der Waals surface area contributed by atoms with Crippen molar-refractivity contribution in [2.75, 3.05) is 20.1 Å². The standard InChI is InChI=1S/C17H16F2N2O3S/c1-20-5-9(6-20)25-16-12(18)4-10-14(13(16)19)21(8-2-3-8)7-11(15(10)22)17(23)24/h4,7-9H,2-3,5-6H2,1H3,(H,23,24). The van der Waals surface area contributed by atoms with Crippen molar-refractivity contribution in [3.8, 4) is 0 Å². The first-order valence-corrected chi connectivity index (χ1v) is 8.90. The zero-order valence-corrected chi connectivity index (χ0v) is 14.3. The third kappa shape index (κ3) is 2.73. The number of rotatable bonds is 4. The number of hydrogen-bond acceptors (Lipinski definition) is 4. The van der Waals surface area contributed by atoms with Crippen LogP contribution in [0.4, 0.5) is 8.78 Å². The number of carbonyl (C=O) groups is 1. The van der Waals surface area contributed by atoms with Crippen LogP contribution in [0.1, 0.15) is 29.2 Å². The quantitative estimate of drug-likeness (QED) is 0.902. The molecule has 2 aliphatic rings. The van der Waals surface area contributed by atoms with Gasteiger partial charge in [0.15, 0.2) is 5.82 Å². The summed E-state index contributed by atoms with van der Waals surface area (Å²) >= 11 is 1.14. The third-order valence-electron chi connectivity index (χ3n) is 4.65. The van der Waals surface area contributed by atoms with Crippen LogP contribution in [0.2, 0.25) is 0 Å². The number of likely N-dealkylation sites (tertiary alicyclic amines) is 1. The fourth-order valence-electron chi connectivity index (χ4n) is 3.21. The number of benzene rings is 1. The van der Waals surface area contributed by atoms with E-state index in [2.05, 4.69) is 0 Å². The van der Waals surface area contributed by atoms with E-state index in [1.165, 1.54) is 10.8 Å². The van der Waals surface area contributed by atoms with Crippen LogP contribution in [-0.4, -0.2) is 45.9 Å². The molecule has 1 aromatic heterocycles. The van der Waals surface area contributed by atoms with Gasteiger partial charge >= 0.3 is 5.97 Å². The highest BCUT2D eigenvalue weighted by Crippen LogP contribution is 2.40. The molecule has 1 N–H and O–H groups in total. The van der Waals surface area contributed by atoms with E-state index < -0.39 is 28.6 Å². The number of carboxylic acids is 1. The van der Waals surface area contributed by atoms with Crippen molar-refractivity contribution >= 4 is 28.6 Å². The molecule has 1 saturated heterocycles. The van der Waals surface area contributed by atoms with Gasteiger partial charge in [0, 0.05) is 30.6 Å². The summed E-state index contributed by atoms with van der Waals surface area (Å²) in [4.78, 5) is 25.6. The van der Waals surface area contributed by atoms with Crippen LogP contribution in [0.5, 0.6) is 0 Å². The number of aromatic nitrogens is 1. The van der Waals surface area contributed by atoms with E-state index in [-0.39, 0.29) is 27.1 Å². The first-order valence-electron chi connectivity index (χ1n) is 8.02. The van der Waals surface area contributed by atoms with Crippen LogP contribution < -0.4 is 5.43 Å². The lowest BCUT2D eigenvalue weighted by Crippen LogP contribution is -2.46. The van der Waals surface area contributed by atoms with Gasteiger partial charge in [0.1, 0.15) is 11.4 Å². The topological polar surface area (TPSA) is 62.5 Å². The van der Waals surface area contributed by atoms with Gasteiger partial charge in [0.25, 0.3) is 0 Å². The lowest BCUT2D eigenvalue weighted by atomic mass is 10.1. The highest BCUT2D eigenvalue weighted by atomic mass is 32.2. The molecule has 1 aromatic carbocycles. The molecule has 4 rings (SSSR count). The average molecular weight is 366 g/mol. The van der Waals surface area contributed by atoms with Gasteiger partial charge in [-0.1, -0.05) is 0 Å². The number of pyridine rings is 1. The molecule has 0 amide bonds. The summed E-state index contributed by atoms with van der Waals surface area (Å²) in [6, 6.07) is 0.936. The second-order valence-corrected chi connectivity index (χ2v) is 7.98. The maximum Gasteiger partial charge on any atom is 0.341 e. The van der Waals surface area contributed by atoms with Crippen molar-refractivity contribution in [3.05, 3.63) is 39.7 Å². The average Bonchev–Trinajstić information content (AvgIpc) is 3.34. The Balaban J connectivity index is 1.93. The molecule has 5 nitrogen and oxygen atoms in total. The van der Waals surface area contributed by atoms with Gasteiger partial charge in [-0.3, -0.25) is 4.79 Å². The lowest BCUT2D eigenvalue weighted by Gasteiger charge is -2.35. The van der Waals surface area contributed by atoms with Crippen LogP contribution in [0.25, 0.3) is 10.9 Å². The zero-order chi connectivity index (χ0) is 17.9. The highest BCUT2D eigenvalue weighted by Gasteiger charge is 2.32. The van der Waals surface area contributed by atoms with E-state index >= 15 is 4.39 Å². The summed E-state index contributed by atoms with van der Waals surface area (Å²) in [5, 5.41) is 9.11. The number of halogens is 2. The Hall–Kier alpha value is -1.93. The van der Waals surface area contributed by atoms with Gasteiger partial charge in [-0.05, 0) is 26.0 Å². The normalized spacial score (nSPS) is 18.5. The van der Waals surface area contributed by atoms with E-state index in [1.54, 1.807) is 0 Å². The smallest absolute Gasteiger partial charge is 0.341 e. The molecule has 0 bridgehead atoms. The van der Waals surface area contributed by atoms with Crippen molar-refractivity contribution in [2.45, 2.75) is 29.0 Å². The summed E-state index contributed by atoms with van der Waals surface area (Å²) in [6.45, 7) is 1.49. The minimum atomic E-state index is -1.39. The monoisotopic (exact) mass is 366 g/mol. The second-order valence-electron chi connectivity index (χ2n) is 6.67. The van der Waals surface area contributed by atoms with Crippen LogP contribution in [-0.2, 0) is 0 Å². The van der Waals surface area contributed by atoms with E-state index in [0.717, 1.165) is 43.8 Å². The highest BCUT2D eigenvalue weighted by molar-refractivity contribution is 8.00. The van der Waals surface area contributed by atoms with Crippen molar-refractivity contribution in [2.24, 2.45) is 0 Å². The molecular formula is C17H16F2N2O3S. The lowest BCUT2D eigenvalue weighted by molar-refractivity contribution is 0.0694. The third-order valence-corrected chi connectivity index (χ3v) is 5.89. The van der Waals surface area contributed by atoms with Gasteiger partial charge < -0.3 is 14.6 Å². The van der Waals surface area contributed by atoms with Crippen LogP contribution in [0.3, 0.4) is 0 Å². The summed E-state index contributed by atoms with van der Waals surface area (Å²) < 4.78 is 31.1. The Morgan fingerprint density at radius 3 is 2.56 bits per heavy atom. The molecule has 1 aliphatic carbocycles. The van der Waals surface area contributed by atoms with Gasteiger partial charge in [-0.25, -0.2) is 13.6 Å². The van der Waals surface area contributed by atoms with Crippen LogP contribution in [0.15, 0.2) is 22.0 Å². The van der Waals surface area contributed by atoms with E-state index in [0.29, 0.717) is 0 Å². The van der Waals surface area contributed by atoms with E-state index in [1.807, 2.05) is 11.9 Å². The Bertz CT molecular complexity index is 949. The maximum atomic E-state index is 15.1. The second kappa shape index (κ2) is 5.81. The molecule has 0 unspecified atom stereocenters. The largest absolute Gasteiger partial charge is 0.477 e. The Labute approximate surface area is 146 Å². The summed E-state index contributed by atoms with van der Waals surface area (Å²) in [5.74, 6) is -2.97. The van der Waals surface area contributed by atoms with E-state index in [9.17, 15) is 19.1 Å². The molecule has 0 atom stereocenters. The first-order chi connectivity index (χ1) is 11.9. The molecule has 2 fully saturated rings. The van der Waals surface area contributed by atoms with Crippen molar-refractivity contribution in [1.29, 1.82) is 0 Å². The molecule has 0 radical (unpaired) electrons. The predicted molar refractivity (Wildman–Crippen MR) is 90.5 cm³/mol. The number of thioether (sulfide) groups is 1. The van der Waals surface area contributed by atoms with Gasteiger partial charge in [-0.2, -0.15) is 0 Å². The molecular weight excluding hydrogens is 350 g/mol. The Morgan fingerprint density at radius 2 is 2.00 bits per heavy atom. The molecule has 1 saturated carbocycles. The number of carboxylic acid groups (broad SMARTS) is 1. The predicted octanol–water partition coefficient (Wildman–Crippen LogP) is 2.72. The number of aromatic carboxylic acids is 1. The van der Waals surface area contributed by atoms with Crippen molar-refractivity contribution in [1.82, 2.24) is 9.47 Å². The number of fused-ring (bicyclic) bond motifs is 1. The summed E-state index contributed by atoms with van der Waals surface area (Å²) in [6.07, 6.45) is 2.75. The Kier molecular flexibility index (Phi) is 3.84. The van der Waals surface area contributed by atoms with Crippen molar-refractivity contribution in [3.63, 3.8) is 0 Å². The summed E-state index contributed by atoms with van der Waals surface area (Å²) in [7, 11) is 1.93. The maximum absolute atomic E-state index is 15.1. The SMILES string of the molecule is CN1CC(Sc2c(F)cc3c(=O)c(C(=O)O)cn(C4CC4)c3c2F)C1. The zero-order valence-electron chi connectivity index (χ0n) is 13.5. The molecule has 25 heavy (non-hydrogen) atoms. The van der Waals surface area contributed by atoms with Gasteiger partial charge in [0.2, 0.25) is 5.43 Å². The first kappa shape index (κ1) is 16.5. The van der Waals surface area contributed by atoms with E-state index in [4.69, 9.17) is 0 Å². The minimum Gasteiger partial charge on any atom is -0.477 e. The van der Waals surface area contributed by atoms with Crippen LogP contribution >= 0.6 is 11.8 Å². The molecule has 1 aliphatic heterocycles. The molecule has 132 valence electrons. The summed E-state index contributed by atoms with van der Waals surface area (Å²) in [5.41, 5.74) is -1.30. The molecule has 2 aromatic rings. The fourth-order valence-corrected chi connectivity index (χ4v) is 4.57. The van der Waals surface area contributed by atoms with Crippen LogP contribution in [0, 0.1) is 11.6 Å². The van der Waals surface area contributed by atoms with Gasteiger partial charge in [-0.15, -0.1) is 11.8 Å². The molecule has 0 spiro atoms. The number of hydrogen-bond donors (Lipinski definition) is 1. The van der Waals surface area contributed by atoms with Crippen molar-refractivity contribution < 1.29 is 18.7 Å². The van der Waals surface area contributed by atoms with Gasteiger partial charge in [0.05, 0.1) is 15.8 Å². The minimum absolute atomic E-state index is 0.00841. The fraction of sp³-hybridized carbons (Fsp3) is 0.412. The number of nitrogens with zero attached hydrogens (tertiary/aromatic N) is 2. The molecule has 8 heteroatoms.